The van der Waals surface area contributed by atoms with Gasteiger partial charge in [0.05, 0.1) is 16.7 Å². The number of carbonyl (C=O) groups is 1. The van der Waals surface area contributed by atoms with E-state index in [4.69, 9.17) is 0 Å². The summed E-state index contributed by atoms with van der Waals surface area (Å²) >= 11 is 1.51. The summed E-state index contributed by atoms with van der Waals surface area (Å²) in [6.45, 7) is 4.70. The van der Waals surface area contributed by atoms with Gasteiger partial charge in [-0.25, -0.2) is 4.98 Å². The zero-order valence-electron chi connectivity index (χ0n) is 13.1. The monoisotopic (exact) mass is 315 g/mol. The summed E-state index contributed by atoms with van der Waals surface area (Å²) in [5, 5.41) is 0.955. The number of nitrogens with zero attached hydrogens (tertiary/aromatic N) is 3. The van der Waals surface area contributed by atoms with Crippen molar-refractivity contribution in [2.24, 2.45) is 0 Å². The summed E-state index contributed by atoms with van der Waals surface area (Å²) in [6, 6.07) is 4.21. The van der Waals surface area contributed by atoms with Crippen molar-refractivity contribution >= 4 is 17.2 Å². The van der Waals surface area contributed by atoms with Gasteiger partial charge in [0.2, 0.25) is 0 Å². The molecule has 0 bridgehead atoms. The molecule has 1 fully saturated rings. The Kier molecular flexibility index (Phi) is 4.52. The molecule has 3 heterocycles. The van der Waals surface area contributed by atoms with Crippen LogP contribution in [0.2, 0.25) is 0 Å². The van der Waals surface area contributed by atoms with Gasteiger partial charge in [0.1, 0.15) is 4.88 Å². The smallest absolute Gasteiger partial charge is 0.266 e. The van der Waals surface area contributed by atoms with E-state index in [2.05, 4.69) is 9.97 Å². The highest BCUT2D eigenvalue weighted by molar-refractivity contribution is 7.13. The van der Waals surface area contributed by atoms with E-state index in [9.17, 15) is 4.79 Å². The van der Waals surface area contributed by atoms with Crippen LogP contribution < -0.4 is 0 Å². The lowest BCUT2D eigenvalue weighted by Crippen LogP contribution is -2.34. The van der Waals surface area contributed by atoms with Crippen LogP contribution in [-0.2, 0) is 0 Å². The van der Waals surface area contributed by atoms with Gasteiger partial charge in [0, 0.05) is 18.9 Å². The second-order valence-electron chi connectivity index (χ2n) is 5.79. The summed E-state index contributed by atoms with van der Waals surface area (Å²) in [6.07, 6.45) is 8.07. The van der Waals surface area contributed by atoms with Crippen LogP contribution in [0.15, 0.2) is 24.5 Å². The third-order valence-electron chi connectivity index (χ3n) is 4.20. The largest absolute Gasteiger partial charge is 0.331 e. The maximum atomic E-state index is 13.1. The van der Waals surface area contributed by atoms with E-state index >= 15 is 0 Å². The zero-order chi connectivity index (χ0) is 15.5. The molecule has 1 amide bonds. The predicted molar refractivity (Wildman–Crippen MR) is 88.1 cm³/mol. The van der Waals surface area contributed by atoms with Gasteiger partial charge >= 0.3 is 0 Å². The quantitative estimate of drug-likeness (QED) is 0.844. The maximum Gasteiger partial charge on any atom is 0.266 e. The minimum atomic E-state index is 0.131. The van der Waals surface area contributed by atoms with E-state index in [0.717, 1.165) is 41.4 Å². The molecule has 1 saturated heterocycles. The van der Waals surface area contributed by atoms with Gasteiger partial charge in [-0.15, -0.1) is 11.3 Å². The van der Waals surface area contributed by atoms with Crippen LogP contribution in [0.25, 0.3) is 0 Å². The lowest BCUT2D eigenvalue weighted by Gasteiger charge is -2.30. The fraction of sp³-hybridized carbons (Fsp3) is 0.471. The highest BCUT2D eigenvalue weighted by Gasteiger charge is 2.29. The topological polar surface area (TPSA) is 46.1 Å². The number of hydrogen-bond acceptors (Lipinski definition) is 4. The molecular formula is C17H21N3OS. The Bertz CT molecular complexity index is 653. The molecule has 0 aromatic carbocycles. The normalized spacial score (nSPS) is 19.0. The molecule has 0 saturated carbocycles. The Morgan fingerprint density at radius 3 is 2.68 bits per heavy atom. The van der Waals surface area contributed by atoms with Gasteiger partial charge in [-0.2, -0.15) is 0 Å². The van der Waals surface area contributed by atoms with Crippen LogP contribution in [0.5, 0.6) is 0 Å². The number of amides is 1. The summed E-state index contributed by atoms with van der Waals surface area (Å²) in [4.78, 5) is 24.4. The molecule has 3 rings (SSSR count). The van der Waals surface area contributed by atoms with Gasteiger partial charge in [0.25, 0.3) is 5.91 Å². The first-order valence-corrected chi connectivity index (χ1v) is 8.63. The maximum absolute atomic E-state index is 13.1. The van der Waals surface area contributed by atoms with Crippen LogP contribution in [0.4, 0.5) is 0 Å². The van der Waals surface area contributed by atoms with Crippen molar-refractivity contribution in [3.8, 4) is 0 Å². The Hall–Kier alpha value is -1.75. The number of likely N-dealkylation sites (tertiary alicyclic amines) is 1. The number of aryl methyl sites for hydroxylation is 2. The molecule has 116 valence electrons. The number of aromatic nitrogens is 2. The lowest BCUT2D eigenvalue weighted by atomic mass is 10.0. The van der Waals surface area contributed by atoms with E-state index in [1.165, 1.54) is 23.3 Å². The number of rotatable bonds is 2. The molecule has 2 aromatic heterocycles. The molecule has 1 atom stereocenters. The molecule has 0 aliphatic carbocycles. The molecular weight excluding hydrogens is 294 g/mol. The van der Waals surface area contributed by atoms with Crippen molar-refractivity contribution in [2.45, 2.75) is 45.6 Å². The van der Waals surface area contributed by atoms with Crippen LogP contribution in [0, 0.1) is 13.8 Å². The number of carbonyl (C=O) groups excluding carboxylic acids is 1. The summed E-state index contributed by atoms with van der Waals surface area (Å²) in [5.41, 5.74) is 2.04. The van der Waals surface area contributed by atoms with Gasteiger partial charge in [-0.1, -0.05) is 12.8 Å². The first kappa shape index (κ1) is 15.2. The highest BCUT2D eigenvalue weighted by Crippen LogP contribution is 2.32. The number of hydrogen-bond donors (Lipinski definition) is 0. The van der Waals surface area contributed by atoms with Crippen LogP contribution >= 0.6 is 11.3 Å². The van der Waals surface area contributed by atoms with Crippen molar-refractivity contribution in [2.75, 3.05) is 6.54 Å². The average molecular weight is 315 g/mol. The minimum Gasteiger partial charge on any atom is -0.331 e. The molecule has 1 aliphatic rings. The molecule has 4 nitrogen and oxygen atoms in total. The molecule has 1 aliphatic heterocycles. The number of thiazole rings is 1. The molecule has 0 N–H and O–H groups in total. The molecule has 0 spiro atoms. The van der Waals surface area contributed by atoms with Crippen molar-refractivity contribution in [1.82, 2.24) is 14.9 Å². The molecule has 1 unspecified atom stereocenters. The van der Waals surface area contributed by atoms with E-state index in [1.54, 1.807) is 0 Å². The Morgan fingerprint density at radius 1 is 1.23 bits per heavy atom. The van der Waals surface area contributed by atoms with Crippen LogP contribution in [0.3, 0.4) is 0 Å². The summed E-state index contributed by atoms with van der Waals surface area (Å²) in [5.74, 6) is 0.131. The van der Waals surface area contributed by atoms with Crippen molar-refractivity contribution in [1.29, 1.82) is 0 Å². The summed E-state index contributed by atoms with van der Waals surface area (Å²) < 4.78 is 0. The van der Waals surface area contributed by atoms with Crippen molar-refractivity contribution in [3.63, 3.8) is 0 Å². The lowest BCUT2D eigenvalue weighted by molar-refractivity contribution is 0.0685. The van der Waals surface area contributed by atoms with E-state index in [0.29, 0.717) is 0 Å². The zero-order valence-corrected chi connectivity index (χ0v) is 13.9. The standard InChI is InChI=1S/C17H21N3OS/c1-12-16(22-13(2)19-12)17(21)20-11-5-3-4-6-15(20)14-7-9-18-10-8-14/h7-10,15H,3-6,11H2,1-2H3. The van der Waals surface area contributed by atoms with Gasteiger partial charge in [0.15, 0.2) is 0 Å². The van der Waals surface area contributed by atoms with Gasteiger partial charge in [-0.05, 0) is 44.4 Å². The molecule has 2 aromatic rings. The fourth-order valence-corrected chi connectivity index (χ4v) is 4.02. The van der Waals surface area contributed by atoms with Gasteiger partial charge in [-0.3, -0.25) is 9.78 Å². The fourth-order valence-electron chi connectivity index (χ4n) is 3.14. The third kappa shape index (κ3) is 3.04. The van der Waals surface area contributed by atoms with E-state index < -0.39 is 0 Å². The van der Waals surface area contributed by atoms with E-state index in [1.807, 2.05) is 43.3 Å². The second-order valence-corrected chi connectivity index (χ2v) is 6.99. The second kappa shape index (κ2) is 6.57. The average Bonchev–Trinajstić information content (AvgIpc) is 2.74. The molecule has 0 radical (unpaired) electrons. The Balaban J connectivity index is 1.94. The Labute approximate surface area is 135 Å². The first-order valence-electron chi connectivity index (χ1n) is 7.81. The highest BCUT2D eigenvalue weighted by atomic mass is 32.1. The first-order chi connectivity index (χ1) is 10.7. The number of pyridine rings is 1. The third-order valence-corrected chi connectivity index (χ3v) is 5.26. The summed E-state index contributed by atoms with van der Waals surface area (Å²) in [7, 11) is 0. The van der Waals surface area contributed by atoms with E-state index in [-0.39, 0.29) is 11.9 Å². The molecule has 22 heavy (non-hydrogen) atoms. The predicted octanol–water partition coefficient (Wildman–Crippen LogP) is 3.91. The van der Waals surface area contributed by atoms with Gasteiger partial charge < -0.3 is 4.90 Å². The SMILES string of the molecule is Cc1nc(C)c(C(=O)N2CCCCCC2c2ccncc2)s1. The van der Waals surface area contributed by atoms with Crippen molar-refractivity contribution in [3.05, 3.63) is 45.7 Å². The minimum absolute atomic E-state index is 0.131. The van der Waals surface area contributed by atoms with Crippen molar-refractivity contribution < 1.29 is 4.79 Å². The molecule has 5 heteroatoms. The van der Waals surface area contributed by atoms with Crippen LogP contribution in [0.1, 0.15) is 57.7 Å². The Morgan fingerprint density at radius 2 is 2.00 bits per heavy atom. The van der Waals surface area contributed by atoms with Crippen LogP contribution in [-0.4, -0.2) is 27.3 Å².